The number of carbonyl (C=O) groups is 1. The number of hydrogen-bond donors (Lipinski definition) is 0. The van der Waals surface area contributed by atoms with Crippen molar-refractivity contribution in [2.45, 2.75) is 18.8 Å². The van der Waals surface area contributed by atoms with E-state index in [0.717, 1.165) is 12.8 Å². The van der Waals surface area contributed by atoms with E-state index in [0.29, 0.717) is 17.3 Å². The Hall–Kier alpha value is -2.74. The number of non-ortho nitro benzene ring substituents is 1. The van der Waals surface area contributed by atoms with Crippen LogP contribution in [0, 0.1) is 10.1 Å². The number of nitrogens with zero attached hydrogens (tertiary/aromatic N) is 4. The first-order valence-corrected chi connectivity index (χ1v) is 7.94. The summed E-state index contributed by atoms with van der Waals surface area (Å²) in [6, 6.07) is 6.07. The van der Waals surface area contributed by atoms with Crippen LogP contribution in [0.5, 0.6) is 0 Å². The molecule has 1 aromatic heterocycles. The lowest BCUT2D eigenvalue weighted by Crippen LogP contribution is -2.17. The predicted molar refractivity (Wildman–Crippen MR) is 91.5 cm³/mol. The Morgan fingerprint density at radius 1 is 1.40 bits per heavy atom. The molecule has 1 aliphatic carbocycles. The van der Waals surface area contributed by atoms with Crippen LogP contribution in [0.1, 0.15) is 35.1 Å². The van der Waals surface area contributed by atoms with Crippen LogP contribution in [-0.2, 0) is 4.74 Å². The van der Waals surface area contributed by atoms with Gasteiger partial charge >= 0.3 is 5.97 Å². The SMILES string of the molecule is COC(=O)c1nc(C2CC2)nc(N(C)c2cccc([N+](=O)[O-])c2)c1Cl. The lowest BCUT2D eigenvalue weighted by atomic mass is 10.2. The summed E-state index contributed by atoms with van der Waals surface area (Å²) in [6.07, 6.45) is 1.89. The molecule has 0 saturated heterocycles. The van der Waals surface area contributed by atoms with Crippen molar-refractivity contribution in [1.82, 2.24) is 9.97 Å². The highest BCUT2D eigenvalue weighted by molar-refractivity contribution is 6.35. The molecule has 1 fully saturated rings. The van der Waals surface area contributed by atoms with Crippen molar-refractivity contribution >= 4 is 34.8 Å². The predicted octanol–water partition coefficient (Wildman–Crippen LogP) is 3.47. The van der Waals surface area contributed by atoms with Crippen molar-refractivity contribution in [3.8, 4) is 0 Å². The number of anilines is 2. The Labute approximate surface area is 148 Å². The Balaban J connectivity index is 2.08. The maximum absolute atomic E-state index is 12.0. The molecule has 0 unspecified atom stereocenters. The van der Waals surface area contributed by atoms with E-state index in [1.807, 2.05) is 0 Å². The standard InChI is InChI=1S/C16H15ClN4O4/c1-20(10-4-3-5-11(8-10)21(23)24)15-12(17)13(16(22)25-2)18-14(19-15)9-6-7-9/h3-5,8-9H,6-7H2,1-2H3. The number of methoxy groups -OCH3 is 1. The Kier molecular flexibility index (Phi) is 4.54. The molecule has 9 heteroatoms. The number of rotatable bonds is 5. The smallest absolute Gasteiger partial charge is 0.358 e. The Morgan fingerprint density at radius 3 is 2.72 bits per heavy atom. The van der Waals surface area contributed by atoms with Crippen LogP contribution in [0.2, 0.25) is 5.02 Å². The summed E-state index contributed by atoms with van der Waals surface area (Å²) in [4.78, 5) is 32.8. The van der Waals surface area contributed by atoms with Crippen molar-refractivity contribution in [3.05, 3.63) is 50.9 Å². The molecule has 2 aromatic rings. The third-order valence-corrected chi connectivity index (χ3v) is 4.27. The largest absolute Gasteiger partial charge is 0.464 e. The minimum absolute atomic E-state index is 0.00616. The number of benzene rings is 1. The molecule has 0 N–H and O–H groups in total. The highest BCUT2D eigenvalue weighted by atomic mass is 35.5. The summed E-state index contributed by atoms with van der Waals surface area (Å²) in [5.41, 5.74) is 0.464. The summed E-state index contributed by atoms with van der Waals surface area (Å²) in [5, 5.41) is 11.0. The van der Waals surface area contributed by atoms with Gasteiger partial charge in [0.25, 0.3) is 5.69 Å². The van der Waals surface area contributed by atoms with Gasteiger partial charge in [0.2, 0.25) is 0 Å². The summed E-state index contributed by atoms with van der Waals surface area (Å²) in [5.74, 6) is 0.373. The molecule has 1 saturated carbocycles. The van der Waals surface area contributed by atoms with Gasteiger partial charge in [-0.3, -0.25) is 10.1 Å². The normalized spacial score (nSPS) is 13.4. The third kappa shape index (κ3) is 3.39. The average Bonchev–Trinajstić information content (AvgIpc) is 3.46. The van der Waals surface area contributed by atoms with Crippen LogP contribution in [0.4, 0.5) is 17.2 Å². The van der Waals surface area contributed by atoms with E-state index in [2.05, 4.69) is 9.97 Å². The van der Waals surface area contributed by atoms with E-state index >= 15 is 0 Å². The quantitative estimate of drug-likeness (QED) is 0.456. The van der Waals surface area contributed by atoms with Gasteiger partial charge < -0.3 is 9.64 Å². The molecule has 130 valence electrons. The van der Waals surface area contributed by atoms with Gasteiger partial charge in [-0.15, -0.1) is 0 Å². The van der Waals surface area contributed by atoms with E-state index < -0.39 is 10.9 Å². The summed E-state index contributed by atoms with van der Waals surface area (Å²) in [6.45, 7) is 0. The molecule has 0 aliphatic heterocycles. The first-order chi connectivity index (χ1) is 11.9. The van der Waals surface area contributed by atoms with Crippen molar-refractivity contribution in [3.63, 3.8) is 0 Å². The fourth-order valence-electron chi connectivity index (χ4n) is 2.37. The van der Waals surface area contributed by atoms with Gasteiger partial charge in [0.15, 0.2) is 11.5 Å². The number of nitro benzene ring substituents is 1. The van der Waals surface area contributed by atoms with Gasteiger partial charge in [0, 0.05) is 30.8 Å². The zero-order chi connectivity index (χ0) is 18.1. The molecule has 25 heavy (non-hydrogen) atoms. The molecule has 1 heterocycles. The van der Waals surface area contributed by atoms with Crippen LogP contribution in [0.25, 0.3) is 0 Å². The molecule has 1 aliphatic rings. The van der Waals surface area contributed by atoms with E-state index in [4.69, 9.17) is 16.3 Å². The number of hydrogen-bond acceptors (Lipinski definition) is 7. The van der Waals surface area contributed by atoms with Crippen molar-refractivity contribution in [2.24, 2.45) is 0 Å². The zero-order valence-electron chi connectivity index (χ0n) is 13.6. The molecule has 8 nitrogen and oxygen atoms in total. The highest BCUT2D eigenvalue weighted by Crippen LogP contribution is 2.41. The zero-order valence-corrected chi connectivity index (χ0v) is 14.4. The van der Waals surface area contributed by atoms with Crippen LogP contribution in [0.15, 0.2) is 24.3 Å². The topological polar surface area (TPSA) is 98.5 Å². The van der Waals surface area contributed by atoms with Gasteiger partial charge in [-0.05, 0) is 18.9 Å². The number of halogens is 1. The molecule has 0 bridgehead atoms. The van der Waals surface area contributed by atoms with E-state index in [-0.39, 0.29) is 22.3 Å². The second-order valence-corrected chi connectivity index (χ2v) is 6.05. The van der Waals surface area contributed by atoms with Gasteiger partial charge in [0.05, 0.1) is 12.0 Å². The molecule has 0 amide bonds. The summed E-state index contributed by atoms with van der Waals surface area (Å²) < 4.78 is 4.74. The van der Waals surface area contributed by atoms with E-state index in [1.165, 1.54) is 19.2 Å². The lowest BCUT2D eigenvalue weighted by Gasteiger charge is -2.21. The number of aromatic nitrogens is 2. The first kappa shape index (κ1) is 17.1. The maximum Gasteiger partial charge on any atom is 0.358 e. The number of carbonyl (C=O) groups excluding carboxylic acids is 1. The summed E-state index contributed by atoms with van der Waals surface area (Å²) >= 11 is 6.33. The van der Waals surface area contributed by atoms with Crippen LogP contribution >= 0.6 is 11.6 Å². The van der Waals surface area contributed by atoms with Crippen molar-refractivity contribution in [2.75, 3.05) is 19.1 Å². The Bertz CT molecular complexity index is 854. The lowest BCUT2D eigenvalue weighted by molar-refractivity contribution is -0.384. The number of nitro groups is 1. The highest BCUT2D eigenvalue weighted by Gasteiger charge is 2.31. The fourth-order valence-corrected chi connectivity index (χ4v) is 2.66. The second-order valence-electron chi connectivity index (χ2n) is 5.67. The van der Waals surface area contributed by atoms with Crippen molar-refractivity contribution < 1.29 is 14.5 Å². The minimum atomic E-state index is -0.650. The molecule has 0 atom stereocenters. The fraction of sp³-hybridized carbons (Fsp3) is 0.312. The maximum atomic E-state index is 12.0. The molecular formula is C16H15ClN4O4. The van der Waals surface area contributed by atoms with E-state index in [9.17, 15) is 14.9 Å². The van der Waals surface area contributed by atoms with E-state index in [1.54, 1.807) is 24.1 Å². The molecule has 3 rings (SSSR count). The molecule has 0 radical (unpaired) electrons. The van der Waals surface area contributed by atoms with Gasteiger partial charge in [-0.1, -0.05) is 17.7 Å². The number of esters is 1. The van der Waals surface area contributed by atoms with Crippen LogP contribution < -0.4 is 4.90 Å². The monoisotopic (exact) mass is 362 g/mol. The second kappa shape index (κ2) is 6.64. The van der Waals surface area contributed by atoms with Gasteiger partial charge in [-0.2, -0.15) is 0 Å². The van der Waals surface area contributed by atoms with Crippen molar-refractivity contribution in [1.29, 1.82) is 0 Å². The minimum Gasteiger partial charge on any atom is -0.464 e. The van der Waals surface area contributed by atoms with Gasteiger partial charge in [-0.25, -0.2) is 14.8 Å². The van der Waals surface area contributed by atoms with Crippen LogP contribution in [0.3, 0.4) is 0 Å². The Morgan fingerprint density at radius 2 is 2.12 bits per heavy atom. The average molecular weight is 363 g/mol. The summed E-state index contributed by atoms with van der Waals surface area (Å²) in [7, 11) is 2.92. The molecule has 1 aromatic carbocycles. The molecular weight excluding hydrogens is 348 g/mol. The van der Waals surface area contributed by atoms with Crippen LogP contribution in [-0.4, -0.2) is 35.0 Å². The number of ether oxygens (including phenoxy) is 1. The van der Waals surface area contributed by atoms with Gasteiger partial charge in [0.1, 0.15) is 10.8 Å². The first-order valence-electron chi connectivity index (χ1n) is 7.56. The molecule has 0 spiro atoms. The third-order valence-electron chi connectivity index (χ3n) is 3.92.